The lowest BCUT2D eigenvalue weighted by atomic mass is 10.1. The summed E-state index contributed by atoms with van der Waals surface area (Å²) in [5, 5.41) is 3.42. The second-order valence-electron chi connectivity index (χ2n) is 5.91. The lowest BCUT2D eigenvalue weighted by Gasteiger charge is -2.22. The predicted octanol–water partition coefficient (Wildman–Crippen LogP) is 2.43. The highest BCUT2D eigenvalue weighted by Gasteiger charge is 2.12. The van der Waals surface area contributed by atoms with Gasteiger partial charge in [-0.15, -0.1) is 0 Å². The van der Waals surface area contributed by atoms with Crippen LogP contribution in [-0.4, -0.2) is 36.5 Å². The number of benzene rings is 1. The molecule has 20 heavy (non-hydrogen) atoms. The molecule has 0 unspecified atom stereocenters. The van der Waals surface area contributed by atoms with E-state index in [9.17, 15) is 4.79 Å². The van der Waals surface area contributed by atoms with Gasteiger partial charge < -0.3 is 15.0 Å². The standard InChI is InChI=1S/C16H26N2O2/c1-6-18(5)15(19)12-20-14-10-8-7-9-13(14)11-17-16(2,3)4/h7-10,17H,6,11-12H2,1-5H3. The van der Waals surface area contributed by atoms with Gasteiger partial charge in [0.1, 0.15) is 5.75 Å². The number of carbonyl (C=O) groups is 1. The molecule has 0 aromatic heterocycles. The van der Waals surface area contributed by atoms with Gasteiger partial charge in [-0.2, -0.15) is 0 Å². The molecular formula is C16H26N2O2. The molecule has 0 saturated carbocycles. The van der Waals surface area contributed by atoms with E-state index in [2.05, 4.69) is 26.1 Å². The van der Waals surface area contributed by atoms with Crippen LogP contribution in [0.3, 0.4) is 0 Å². The van der Waals surface area contributed by atoms with Crippen LogP contribution in [0.2, 0.25) is 0 Å². The summed E-state index contributed by atoms with van der Waals surface area (Å²) in [4.78, 5) is 13.4. The Morgan fingerprint density at radius 3 is 2.55 bits per heavy atom. The maximum atomic E-state index is 11.8. The molecule has 1 amide bonds. The van der Waals surface area contributed by atoms with Crippen molar-refractivity contribution in [1.82, 2.24) is 10.2 Å². The number of rotatable bonds is 6. The lowest BCUT2D eigenvalue weighted by molar-refractivity contribution is -0.131. The van der Waals surface area contributed by atoms with E-state index in [1.807, 2.05) is 31.2 Å². The fourth-order valence-electron chi connectivity index (χ4n) is 1.58. The van der Waals surface area contributed by atoms with Gasteiger partial charge in [0.25, 0.3) is 5.91 Å². The third-order valence-corrected chi connectivity index (χ3v) is 3.03. The first kappa shape index (κ1) is 16.5. The van der Waals surface area contributed by atoms with E-state index in [-0.39, 0.29) is 18.1 Å². The van der Waals surface area contributed by atoms with Crippen LogP contribution in [0, 0.1) is 0 Å². The fourth-order valence-corrected chi connectivity index (χ4v) is 1.58. The minimum atomic E-state index is -0.00826. The summed E-state index contributed by atoms with van der Waals surface area (Å²) < 4.78 is 5.66. The summed E-state index contributed by atoms with van der Waals surface area (Å²) in [5.41, 5.74) is 1.11. The minimum absolute atomic E-state index is 0.00826. The Hall–Kier alpha value is -1.55. The zero-order valence-corrected chi connectivity index (χ0v) is 13.2. The van der Waals surface area contributed by atoms with Crippen molar-refractivity contribution < 1.29 is 9.53 Å². The first-order valence-electron chi connectivity index (χ1n) is 7.03. The van der Waals surface area contributed by atoms with Crippen molar-refractivity contribution in [1.29, 1.82) is 0 Å². The molecular weight excluding hydrogens is 252 g/mol. The molecule has 0 atom stereocenters. The number of ether oxygens (including phenoxy) is 1. The van der Waals surface area contributed by atoms with Gasteiger partial charge in [0, 0.05) is 31.2 Å². The molecule has 0 aliphatic heterocycles. The molecule has 1 aromatic carbocycles. The Morgan fingerprint density at radius 1 is 1.30 bits per heavy atom. The Balaban J connectivity index is 2.64. The largest absolute Gasteiger partial charge is 0.483 e. The van der Waals surface area contributed by atoms with E-state index < -0.39 is 0 Å². The molecule has 1 rings (SSSR count). The van der Waals surface area contributed by atoms with Crippen molar-refractivity contribution in [3.8, 4) is 5.75 Å². The zero-order chi connectivity index (χ0) is 15.2. The molecule has 0 saturated heterocycles. The Kier molecular flexibility index (Phi) is 6.02. The quantitative estimate of drug-likeness (QED) is 0.869. The van der Waals surface area contributed by atoms with Gasteiger partial charge in [-0.25, -0.2) is 0 Å². The van der Waals surface area contributed by atoms with Crippen LogP contribution in [0.25, 0.3) is 0 Å². The van der Waals surface area contributed by atoms with Gasteiger partial charge in [-0.1, -0.05) is 18.2 Å². The zero-order valence-electron chi connectivity index (χ0n) is 13.2. The summed E-state index contributed by atoms with van der Waals surface area (Å²) in [6.07, 6.45) is 0. The number of hydrogen-bond donors (Lipinski definition) is 1. The van der Waals surface area contributed by atoms with Gasteiger partial charge in [0.2, 0.25) is 0 Å². The SMILES string of the molecule is CCN(C)C(=O)COc1ccccc1CNC(C)(C)C. The van der Waals surface area contributed by atoms with Crippen molar-refractivity contribution in [3.05, 3.63) is 29.8 Å². The molecule has 0 bridgehead atoms. The second kappa shape index (κ2) is 7.29. The maximum Gasteiger partial charge on any atom is 0.260 e. The highest BCUT2D eigenvalue weighted by Crippen LogP contribution is 2.18. The molecule has 1 N–H and O–H groups in total. The molecule has 4 nitrogen and oxygen atoms in total. The highest BCUT2D eigenvalue weighted by molar-refractivity contribution is 5.77. The van der Waals surface area contributed by atoms with Gasteiger partial charge in [0.15, 0.2) is 6.61 Å². The normalized spacial score (nSPS) is 11.2. The number of para-hydroxylation sites is 1. The van der Waals surface area contributed by atoms with E-state index in [0.717, 1.165) is 17.9 Å². The molecule has 0 aliphatic rings. The highest BCUT2D eigenvalue weighted by atomic mass is 16.5. The smallest absolute Gasteiger partial charge is 0.260 e. The first-order chi connectivity index (χ1) is 9.33. The molecule has 0 radical (unpaired) electrons. The van der Waals surface area contributed by atoms with Gasteiger partial charge in [-0.3, -0.25) is 4.79 Å². The summed E-state index contributed by atoms with van der Waals surface area (Å²) in [7, 11) is 1.78. The van der Waals surface area contributed by atoms with Crippen LogP contribution >= 0.6 is 0 Å². The van der Waals surface area contributed by atoms with Crippen molar-refractivity contribution in [2.75, 3.05) is 20.2 Å². The lowest BCUT2D eigenvalue weighted by Crippen LogP contribution is -2.35. The minimum Gasteiger partial charge on any atom is -0.483 e. The van der Waals surface area contributed by atoms with Crippen LogP contribution < -0.4 is 10.1 Å². The number of nitrogens with one attached hydrogen (secondary N) is 1. The first-order valence-corrected chi connectivity index (χ1v) is 7.03. The molecule has 0 spiro atoms. The van der Waals surface area contributed by atoms with E-state index in [4.69, 9.17) is 4.74 Å². The fraction of sp³-hybridized carbons (Fsp3) is 0.562. The molecule has 0 fully saturated rings. The number of carbonyl (C=O) groups excluding carboxylic acids is 1. The van der Waals surface area contributed by atoms with Crippen LogP contribution in [-0.2, 0) is 11.3 Å². The number of likely N-dealkylation sites (N-methyl/N-ethyl adjacent to an activating group) is 1. The van der Waals surface area contributed by atoms with E-state index in [0.29, 0.717) is 6.54 Å². The third-order valence-electron chi connectivity index (χ3n) is 3.03. The second-order valence-corrected chi connectivity index (χ2v) is 5.91. The van der Waals surface area contributed by atoms with Crippen LogP contribution in [0.1, 0.15) is 33.3 Å². The van der Waals surface area contributed by atoms with Crippen LogP contribution in [0.15, 0.2) is 24.3 Å². The summed E-state index contributed by atoms with van der Waals surface area (Å²) >= 11 is 0. The third kappa shape index (κ3) is 5.61. The van der Waals surface area contributed by atoms with Gasteiger partial charge in [0.05, 0.1) is 0 Å². The molecule has 112 valence electrons. The van der Waals surface area contributed by atoms with Crippen molar-refractivity contribution in [3.63, 3.8) is 0 Å². The Bertz CT molecular complexity index is 438. The van der Waals surface area contributed by atoms with E-state index >= 15 is 0 Å². The van der Waals surface area contributed by atoms with Crippen LogP contribution in [0.5, 0.6) is 5.75 Å². The van der Waals surface area contributed by atoms with Gasteiger partial charge in [-0.05, 0) is 33.8 Å². The van der Waals surface area contributed by atoms with E-state index in [1.165, 1.54) is 0 Å². The van der Waals surface area contributed by atoms with E-state index in [1.54, 1.807) is 11.9 Å². The summed E-state index contributed by atoms with van der Waals surface area (Å²) in [5.74, 6) is 0.758. The van der Waals surface area contributed by atoms with Gasteiger partial charge >= 0.3 is 0 Å². The summed E-state index contributed by atoms with van der Waals surface area (Å²) in [6, 6.07) is 7.82. The Morgan fingerprint density at radius 2 is 1.95 bits per heavy atom. The number of amides is 1. The van der Waals surface area contributed by atoms with Crippen molar-refractivity contribution in [2.45, 2.75) is 39.8 Å². The average molecular weight is 278 g/mol. The maximum absolute atomic E-state index is 11.8. The number of nitrogens with zero attached hydrogens (tertiary/aromatic N) is 1. The molecule has 1 aromatic rings. The number of hydrogen-bond acceptors (Lipinski definition) is 3. The average Bonchev–Trinajstić information content (AvgIpc) is 2.41. The summed E-state index contributed by atoms with van der Waals surface area (Å²) in [6.45, 7) is 9.80. The predicted molar refractivity (Wildman–Crippen MR) is 81.8 cm³/mol. The molecule has 0 heterocycles. The monoisotopic (exact) mass is 278 g/mol. The van der Waals surface area contributed by atoms with Crippen molar-refractivity contribution >= 4 is 5.91 Å². The topological polar surface area (TPSA) is 41.6 Å². The molecule has 0 aliphatic carbocycles. The van der Waals surface area contributed by atoms with Crippen molar-refractivity contribution in [2.24, 2.45) is 0 Å². The Labute approximate surface area is 122 Å². The van der Waals surface area contributed by atoms with Crippen LogP contribution in [0.4, 0.5) is 0 Å². The molecule has 4 heteroatoms.